The summed E-state index contributed by atoms with van der Waals surface area (Å²) in [5.74, 6) is -0.0122. The van der Waals surface area contributed by atoms with Crippen molar-refractivity contribution in [2.75, 3.05) is 0 Å². The summed E-state index contributed by atoms with van der Waals surface area (Å²) in [5.41, 5.74) is -0.513. The molecule has 0 N–H and O–H groups in total. The molecule has 0 aromatic heterocycles. The van der Waals surface area contributed by atoms with E-state index in [0.717, 1.165) is 10.0 Å². The molecular formula is C11H14BrF. The molecule has 0 aliphatic heterocycles. The Hall–Kier alpha value is -0.370. The molecule has 2 heteroatoms. The van der Waals surface area contributed by atoms with Crippen LogP contribution < -0.4 is 0 Å². The van der Waals surface area contributed by atoms with Gasteiger partial charge in [0.2, 0.25) is 0 Å². The minimum Gasteiger partial charge on any atom is -0.239 e. The summed E-state index contributed by atoms with van der Waals surface area (Å²) < 4.78 is 15.0. The van der Waals surface area contributed by atoms with Crippen LogP contribution >= 0.6 is 15.9 Å². The average Bonchev–Trinajstić information content (AvgIpc) is 2.04. The van der Waals surface area contributed by atoms with Gasteiger partial charge >= 0.3 is 0 Å². The second-order valence-electron chi connectivity index (χ2n) is 3.74. The molecular weight excluding hydrogens is 231 g/mol. The van der Waals surface area contributed by atoms with Gasteiger partial charge in [0.05, 0.1) is 0 Å². The normalized spacial score (nSPS) is 15.8. The largest absolute Gasteiger partial charge is 0.239 e. The Balaban J connectivity index is 3.07. The van der Waals surface area contributed by atoms with E-state index in [-0.39, 0.29) is 5.92 Å². The van der Waals surface area contributed by atoms with E-state index in [4.69, 9.17) is 0 Å². The van der Waals surface area contributed by atoms with E-state index in [1.165, 1.54) is 0 Å². The van der Waals surface area contributed by atoms with Gasteiger partial charge in [-0.05, 0) is 30.5 Å². The molecule has 1 unspecified atom stereocenters. The lowest BCUT2D eigenvalue weighted by Crippen LogP contribution is -2.22. The fourth-order valence-corrected chi connectivity index (χ4v) is 1.53. The number of benzene rings is 1. The summed E-state index contributed by atoms with van der Waals surface area (Å²) >= 11 is 3.34. The third-order valence-corrected chi connectivity index (χ3v) is 2.97. The summed E-state index contributed by atoms with van der Waals surface area (Å²) in [4.78, 5) is 0. The second-order valence-corrected chi connectivity index (χ2v) is 4.66. The zero-order valence-electron chi connectivity index (χ0n) is 8.14. The fraction of sp³-hybridized carbons (Fsp3) is 0.455. The Morgan fingerprint density at radius 2 is 2.00 bits per heavy atom. The van der Waals surface area contributed by atoms with Gasteiger partial charge < -0.3 is 0 Å². The molecule has 1 aromatic carbocycles. The highest BCUT2D eigenvalue weighted by Gasteiger charge is 2.29. The first-order chi connectivity index (χ1) is 5.94. The van der Waals surface area contributed by atoms with Crippen LogP contribution in [-0.4, -0.2) is 0 Å². The van der Waals surface area contributed by atoms with Gasteiger partial charge in [-0.25, -0.2) is 4.39 Å². The monoisotopic (exact) mass is 244 g/mol. The molecule has 0 spiro atoms. The predicted octanol–water partition coefficient (Wildman–Crippen LogP) is 4.29. The maximum absolute atomic E-state index is 14.1. The van der Waals surface area contributed by atoms with Gasteiger partial charge in [0.1, 0.15) is 5.67 Å². The first kappa shape index (κ1) is 10.7. The van der Waals surface area contributed by atoms with Crippen LogP contribution in [0.3, 0.4) is 0 Å². The first-order valence-corrected chi connectivity index (χ1v) is 5.19. The van der Waals surface area contributed by atoms with E-state index < -0.39 is 5.67 Å². The number of rotatable bonds is 2. The van der Waals surface area contributed by atoms with Crippen LogP contribution in [0, 0.1) is 5.92 Å². The lowest BCUT2D eigenvalue weighted by atomic mass is 9.87. The molecule has 0 radical (unpaired) electrons. The van der Waals surface area contributed by atoms with Gasteiger partial charge in [-0.15, -0.1) is 0 Å². The Bertz CT molecular complexity index is 292. The molecule has 0 aliphatic rings. The molecule has 0 amide bonds. The van der Waals surface area contributed by atoms with E-state index in [2.05, 4.69) is 15.9 Å². The quantitative estimate of drug-likeness (QED) is 0.729. The highest BCUT2D eigenvalue weighted by atomic mass is 79.9. The van der Waals surface area contributed by atoms with Crippen molar-refractivity contribution in [3.05, 3.63) is 34.3 Å². The Kier molecular flexibility index (Phi) is 3.12. The molecule has 0 heterocycles. The van der Waals surface area contributed by atoms with Crippen LogP contribution in [0.1, 0.15) is 26.3 Å². The zero-order chi connectivity index (χ0) is 10.1. The number of alkyl halides is 1. The van der Waals surface area contributed by atoms with Crippen molar-refractivity contribution in [1.29, 1.82) is 0 Å². The van der Waals surface area contributed by atoms with Gasteiger partial charge in [0, 0.05) is 4.47 Å². The molecule has 13 heavy (non-hydrogen) atoms. The number of hydrogen-bond donors (Lipinski definition) is 0. The van der Waals surface area contributed by atoms with Crippen molar-refractivity contribution < 1.29 is 4.39 Å². The van der Waals surface area contributed by atoms with E-state index in [1.54, 1.807) is 6.92 Å². The third-order valence-electron chi connectivity index (χ3n) is 2.47. The minimum atomic E-state index is -1.25. The zero-order valence-corrected chi connectivity index (χ0v) is 9.73. The SMILES string of the molecule is CC(C)C(C)(F)c1cccc(Br)c1. The molecule has 0 aliphatic carbocycles. The van der Waals surface area contributed by atoms with Crippen LogP contribution in [0.15, 0.2) is 28.7 Å². The van der Waals surface area contributed by atoms with Crippen LogP contribution in [0.4, 0.5) is 4.39 Å². The van der Waals surface area contributed by atoms with E-state index >= 15 is 0 Å². The Morgan fingerprint density at radius 3 is 2.46 bits per heavy atom. The standard InChI is InChI=1S/C11H14BrF/c1-8(2)11(3,13)9-5-4-6-10(12)7-9/h4-8H,1-3H3. The molecule has 0 bridgehead atoms. The number of halogens is 2. The highest BCUT2D eigenvalue weighted by molar-refractivity contribution is 9.10. The molecule has 1 rings (SSSR count). The lowest BCUT2D eigenvalue weighted by molar-refractivity contribution is 0.123. The van der Waals surface area contributed by atoms with E-state index in [9.17, 15) is 4.39 Å². The molecule has 0 saturated carbocycles. The van der Waals surface area contributed by atoms with Crippen molar-refractivity contribution in [2.45, 2.75) is 26.4 Å². The van der Waals surface area contributed by atoms with E-state index in [1.807, 2.05) is 38.1 Å². The summed E-state index contributed by atoms with van der Waals surface area (Å²) in [6.45, 7) is 5.40. The lowest BCUT2D eigenvalue weighted by Gasteiger charge is -2.25. The highest BCUT2D eigenvalue weighted by Crippen LogP contribution is 2.34. The Labute approximate surface area is 87.3 Å². The maximum atomic E-state index is 14.1. The molecule has 0 fully saturated rings. The third kappa shape index (κ3) is 2.31. The maximum Gasteiger partial charge on any atom is 0.135 e. The second kappa shape index (κ2) is 3.79. The van der Waals surface area contributed by atoms with Crippen molar-refractivity contribution in [2.24, 2.45) is 5.92 Å². The average molecular weight is 245 g/mol. The van der Waals surface area contributed by atoms with Crippen LogP contribution in [0.2, 0.25) is 0 Å². The van der Waals surface area contributed by atoms with Crippen molar-refractivity contribution in [3.63, 3.8) is 0 Å². The molecule has 1 aromatic rings. The van der Waals surface area contributed by atoms with Crippen LogP contribution in [0.5, 0.6) is 0 Å². The van der Waals surface area contributed by atoms with Gasteiger partial charge in [0.25, 0.3) is 0 Å². The van der Waals surface area contributed by atoms with Crippen molar-refractivity contribution in [1.82, 2.24) is 0 Å². The van der Waals surface area contributed by atoms with Crippen molar-refractivity contribution in [3.8, 4) is 0 Å². The molecule has 72 valence electrons. The van der Waals surface area contributed by atoms with E-state index in [0.29, 0.717) is 0 Å². The number of hydrogen-bond acceptors (Lipinski definition) is 0. The van der Waals surface area contributed by atoms with Gasteiger partial charge in [-0.1, -0.05) is 41.9 Å². The topological polar surface area (TPSA) is 0 Å². The molecule has 0 saturated heterocycles. The van der Waals surface area contributed by atoms with Gasteiger partial charge in [-0.2, -0.15) is 0 Å². The van der Waals surface area contributed by atoms with Gasteiger partial charge in [-0.3, -0.25) is 0 Å². The fourth-order valence-electron chi connectivity index (χ4n) is 1.13. The Morgan fingerprint density at radius 1 is 1.38 bits per heavy atom. The molecule has 1 atom stereocenters. The summed E-state index contributed by atoms with van der Waals surface area (Å²) in [7, 11) is 0. The smallest absolute Gasteiger partial charge is 0.135 e. The molecule has 0 nitrogen and oxygen atoms in total. The van der Waals surface area contributed by atoms with Crippen molar-refractivity contribution >= 4 is 15.9 Å². The van der Waals surface area contributed by atoms with Gasteiger partial charge in [0.15, 0.2) is 0 Å². The van der Waals surface area contributed by atoms with Crippen LogP contribution in [0.25, 0.3) is 0 Å². The summed E-state index contributed by atoms with van der Waals surface area (Å²) in [6.07, 6.45) is 0. The minimum absolute atomic E-state index is 0.0122. The predicted molar refractivity (Wildman–Crippen MR) is 57.4 cm³/mol. The summed E-state index contributed by atoms with van der Waals surface area (Å²) in [6, 6.07) is 7.42. The van der Waals surface area contributed by atoms with Crippen LogP contribution in [-0.2, 0) is 5.67 Å². The summed E-state index contributed by atoms with van der Waals surface area (Å²) in [5, 5.41) is 0. The first-order valence-electron chi connectivity index (χ1n) is 4.39.